The fraction of sp³-hybridized carbons (Fsp3) is 0.200. The van der Waals surface area contributed by atoms with Gasteiger partial charge in [-0.2, -0.15) is 0 Å². The number of aliphatic hydroxyl groups excluding tert-OH is 1. The van der Waals surface area contributed by atoms with Crippen LogP contribution < -0.4 is 0 Å². The molecule has 2 aromatic carbocycles. The van der Waals surface area contributed by atoms with Crippen molar-refractivity contribution in [1.82, 2.24) is 0 Å². The molecule has 0 bridgehead atoms. The molecule has 0 aliphatic heterocycles. The monoisotopic (exact) mass is 255 g/mol. The maximum atomic E-state index is 10.9. The minimum Gasteiger partial charge on any atom is -0.392 e. The number of nitro benzene ring substituents is 1. The number of fused-ring (bicyclic) bond motifs is 3. The van der Waals surface area contributed by atoms with Gasteiger partial charge in [0, 0.05) is 18.1 Å². The highest BCUT2D eigenvalue weighted by Gasteiger charge is 2.32. The second kappa shape index (κ2) is 4.17. The third-order valence-electron chi connectivity index (χ3n) is 3.65. The first-order valence-corrected chi connectivity index (χ1v) is 6.15. The highest BCUT2D eigenvalue weighted by atomic mass is 16.6. The quantitative estimate of drug-likeness (QED) is 0.662. The molecular formula is C15H13NO3. The van der Waals surface area contributed by atoms with Gasteiger partial charge in [0.2, 0.25) is 0 Å². The lowest BCUT2D eigenvalue weighted by molar-refractivity contribution is -0.384. The summed E-state index contributed by atoms with van der Waals surface area (Å²) in [5.74, 6) is -0.105. The molecule has 1 N–H and O–H groups in total. The van der Waals surface area contributed by atoms with Crippen molar-refractivity contribution in [2.75, 3.05) is 0 Å². The molecule has 96 valence electrons. The molecular weight excluding hydrogens is 242 g/mol. The van der Waals surface area contributed by atoms with Gasteiger partial charge in [-0.15, -0.1) is 0 Å². The molecule has 3 rings (SSSR count). The summed E-state index contributed by atoms with van der Waals surface area (Å²) >= 11 is 0. The minimum absolute atomic E-state index is 0.0831. The van der Waals surface area contributed by atoms with E-state index >= 15 is 0 Å². The van der Waals surface area contributed by atoms with Gasteiger partial charge in [0.15, 0.2) is 0 Å². The Morgan fingerprint density at radius 2 is 1.84 bits per heavy atom. The van der Waals surface area contributed by atoms with Crippen LogP contribution in [0.2, 0.25) is 0 Å². The molecule has 1 aliphatic rings. The van der Waals surface area contributed by atoms with Gasteiger partial charge >= 0.3 is 0 Å². The Morgan fingerprint density at radius 3 is 2.53 bits per heavy atom. The highest BCUT2D eigenvalue weighted by Crippen LogP contribution is 2.47. The summed E-state index contributed by atoms with van der Waals surface area (Å²) in [6, 6.07) is 12.6. The SMILES string of the molecule is CC(O)C1c2ccccc2-c2cc([N+](=O)[O-])ccc21. The third kappa shape index (κ3) is 1.72. The minimum atomic E-state index is -0.524. The summed E-state index contributed by atoms with van der Waals surface area (Å²) in [5, 5.41) is 20.9. The van der Waals surface area contributed by atoms with Crippen molar-refractivity contribution in [3.05, 3.63) is 63.7 Å². The zero-order valence-corrected chi connectivity index (χ0v) is 10.4. The molecule has 0 saturated heterocycles. The van der Waals surface area contributed by atoms with Crippen LogP contribution in [0.1, 0.15) is 24.0 Å². The molecule has 2 unspecified atom stereocenters. The van der Waals surface area contributed by atoms with Crippen LogP contribution in [0.15, 0.2) is 42.5 Å². The maximum Gasteiger partial charge on any atom is 0.270 e. The molecule has 0 amide bonds. The van der Waals surface area contributed by atoms with Crippen molar-refractivity contribution in [3.63, 3.8) is 0 Å². The first-order valence-electron chi connectivity index (χ1n) is 6.15. The standard InChI is InChI=1S/C15H13NO3/c1-9(17)15-12-5-3-2-4-11(12)14-8-10(16(18)19)6-7-13(14)15/h2-9,15,17H,1H3. The fourth-order valence-corrected chi connectivity index (χ4v) is 2.86. The molecule has 19 heavy (non-hydrogen) atoms. The Hall–Kier alpha value is -2.20. The van der Waals surface area contributed by atoms with Crippen LogP contribution in [-0.4, -0.2) is 16.1 Å². The molecule has 0 saturated carbocycles. The average Bonchev–Trinajstić information content (AvgIpc) is 2.72. The zero-order chi connectivity index (χ0) is 13.6. The Balaban J connectivity index is 2.26. The maximum absolute atomic E-state index is 10.9. The second-order valence-corrected chi connectivity index (χ2v) is 4.83. The number of non-ortho nitro benzene ring substituents is 1. The fourth-order valence-electron chi connectivity index (χ4n) is 2.86. The van der Waals surface area contributed by atoms with Crippen LogP contribution in [-0.2, 0) is 0 Å². The number of hydrogen-bond donors (Lipinski definition) is 1. The zero-order valence-electron chi connectivity index (χ0n) is 10.4. The van der Waals surface area contributed by atoms with Gasteiger partial charge in [0.1, 0.15) is 0 Å². The summed E-state index contributed by atoms with van der Waals surface area (Å²) < 4.78 is 0. The topological polar surface area (TPSA) is 63.4 Å². The summed E-state index contributed by atoms with van der Waals surface area (Å²) in [5.41, 5.74) is 3.91. The van der Waals surface area contributed by atoms with Crippen LogP contribution >= 0.6 is 0 Å². The van der Waals surface area contributed by atoms with E-state index in [0.717, 1.165) is 22.3 Å². The van der Waals surface area contributed by atoms with E-state index in [4.69, 9.17) is 0 Å². The number of nitro groups is 1. The van der Waals surface area contributed by atoms with E-state index in [1.54, 1.807) is 19.1 Å². The van der Waals surface area contributed by atoms with Gasteiger partial charge in [-0.1, -0.05) is 30.3 Å². The van der Waals surface area contributed by atoms with Gasteiger partial charge in [-0.25, -0.2) is 0 Å². The van der Waals surface area contributed by atoms with Crippen LogP contribution in [0.5, 0.6) is 0 Å². The largest absolute Gasteiger partial charge is 0.392 e. The smallest absolute Gasteiger partial charge is 0.270 e. The van der Waals surface area contributed by atoms with E-state index in [-0.39, 0.29) is 11.6 Å². The van der Waals surface area contributed by atoms with E-state index < -0.39 is 11.0 Å². The Bertz CT molecular complexity index is 664. The second-order valence-electron chi connectivity index (χ2n) is 4.83. The van der Waals surface area contributed by atoms with Gasteiger partial charge in [-0.3, -0.25) is 10.1 Å². The molecule has 2 aromatic rings. The van der Waals surface area contributed by atoms with E-state index in [1.165, 1.54) is 6.07 Å². The predicted octanol–water partition coefficient (Wildman–Crippen LogP) is 3.09. The molecule has 4 heteroatoms. The van der Waals surface area contributed by atoms with E-state index in [9.17, 15) is 15.2 Å². The van der Waals surface area contributed by atoms with Gasteiger partial charge in [0.25, 0.3) is 5.69 Å². The molecule has 1 aliphatic carbocycles. The molecule has 0 fully saturated rings. The summed E-state index contributed by atoms with van der Waals surface area (Å²) in [7, 11) is 0. The van der Waals surface area contributed by atoms with E-state index in [0.29, 0.717) is 0 Å². The first-order chi connectivity index (χ1) is 9.09. The average molecular weight is 255 g/mol. The van der Waals surface area contributed by atoms with Gasteiger partial charge in [0.05, 0.1) is 11.0 Å². The lowest BCUT2D eigenvalue weighted by atomic mass is 9.92. The summed E-state index contributed by atoms with van der Waals surface area (Å²) in [6.07, 6.45) is -0.524. The first kappa shape index (κ1) is 11.9. The Morgan fingerprint density at radius 1 is 1.16 bits per heavy atom. The lowest BCUT2D eigenvalue weighted by Gasteiger charge is -2.16. The van der Waals surface area contributed by atoms with Crippen molar-refractivity contribution < 1.29 is 10.0 Å². The van der Waals surface area contributed by atoms with Gasteiger partial charge < -0.3 is 5.11 Å². The van der Waals surface area contributed by atoms with E-state index in [1.807, 2.05) is 24.3 Å². The molecule has 0 spiro atoms. The summed E-state index contributed by atoms with van der Waals surface area (Å²) in [6.45, 7) is 1.75. The van der Waals surface area contributed by atoms with Crippen LogP contribution in [0.4, 0.5) is 5.69 Å². The molecule has 0 aromatic heterocycles. The Kier molecular flexibility index (Phi) is 2.61. The molecule has 2 atom stereocenters. The number of rotatable bonds is 2. The number of nitrogens with zero attached hydrogens (tertiary/aromatic N) is 1. The van der Waals surface area contributed by atoms with E-state index in [2.05, 4.69) is 0 Å². The number of aliphatic hydroxyl groups is 1. The predicted molar refractivity (Wildman–Crippen MR) is 72.1 cm³/mol. The number of benzene rings is 2. The normalized spacial score (nSPS) is 17.7. The van der Waals surface area contributed by atoms with Crippen LogP contribution in [0, 0.1) is 10.1 Å². The van der Waals surface area contributed by atoms with Crippen LogP contribution in [0.25, 0.3) is 11.1 Å². The lowest BCUT2D eigenvalue weighted by Crippen LogP contribution is -2.13. The van der Waals surface area contributed by atoms with Gasteiger partial charge in [-0.05, 0) is 29.2 Å². The highest BCUT2D eigenvalue weighted by molar-refractivity contribution is 5.80. The van der Waals surface area contributed by atoms with Crippen molar-refractivity contribution in [3.8, 4) is 11.1 Å². The van der Waals surface area contributed by atoms with Crippen molar-refractivity contribution in [2.45, 2.75) is 18.9 Å². The van der Waals surface area contributed by atoms with Crippen molar-refractivity contribution in [2.24, 2.45) is 0 Å². The third-order valence-corrected chi connectivity index (χ3v) is 3.65. The number of hydrogen-bond acceptors (Lipinski definition) is 3. The van der Waals surface area contributed by atoms with Crippen molar-refractivity contribution in [1.29, 1.82) is 0 Å². The molecule has 0 heterocycles. The Labute approximate surface area is 110 Å². The molecule has 0 radical (unpaired) electrons. The van der Waals surface area contributed by atoms with Crippen molar-refractivity contribution >= 4 is 5.69 Å². The van der Waals surface area contributed by atoms with Crippen LogP contribution in [0.3, 0.4) is 0 Å². The molecule has 4 nitrogen and oxygen atoms in total. The summed E-state index contributed by atoms with van der Waals surface area (Å²) in [4.78, 5) is 10.5.